The Morgan fingerprint density at radius 2 is 2.09 bits per heavy atom. The van der Waals surface area contributed by atoms with Gasteiger partial charge in [-0.15, -0.1) is 0 Å². The summed E-state index contributed by atoms with van der Waals surface area (Å²) in [6.07, 6.45) is 2.58. The zero-order valence-electron chi connectivity index (χ0n) is 12.3. The molecule has 3 aromatic rings. The summed E-state index contributed by atoms with van der Waals surface area (Å²) in [5.41, 5.74) is 3.26. The molecule has 2 aromatic carbocycles. The van der Waals surface area contributed by atoms with E-state index in [4.69, 9.17) is 0 Å². The first-order valence-electron chi connectivity index (χ1n) is 7.43. The minimum absolute atomic E-state index is 0.276. The number of hydrazone groups is 1. The third-order valence-corrected chi connectivity index (χ3v) is 3.99. The molecule has 0 fully saturated rings. The smallest absolute Gasteiger partial charge is 0.274 e. The number of carbonyl (C=O) groups excluding carboxylic acids is 1. The molecule has 0 atom stereocenters. The molecule has 4 rings (SSSR count). The Morgan fingerprint density at radius 1 is 1.17 bits per heavy atom. The highest BCUT2D eigenvalue weighted by atomic mass is 19.1. The molecule has 5 heteroatoms. The first-order chi connectivity index (χ1) is 11.2. The normalized spacial score (nSPS) is 14.3. The topological polar surface area (TPSA) is 48.5 Å². The van der Waals surface area contributed by atoms with E-state index in [1.54, 1.807) is 6.07 Å². The first kappa shape index (κ1) is 13.7. The van der Waals surface area contributed by atoms with Gasteiger partial charge in [0.15, 0.2) is 0 Å². The molecular weight excluding hydrogens is 293 g/mol. The van der Waals surface area contributed by atoms with Gasteiger partial charge >= 0.3 is 0 Å². The fourth-order valence-electron chi connectivity index (χ4n) is 2.81. The second-order valence-corrected chi connectivity index (χ2v) is 5.52. The van der Waals surface area contributed by atoms with Gasteiger partial charge in [-0.3, -0.25) is 4.79 Å². The number of nitrogens with one attached hydrogen (secondary N) is 1. The Morgan fingerprint density at radius 3 is 2.96 bits per heavy atom. The van der Waals surface area contributed by atoms with Crippen molar-refractivity contribution in [2.24, 2.45) is 5.10 Å². The maximum absolute atomic E-state index is 13.3. The number of benzene rings is 2. The highest BCUT2D eigenvalue weighted by Crippen LogP contribution is 2.20. The van der Waals surface area contributed by atoms with Crippen LogP contribution in [-0.2, 0) is 0 Å². The van der Waals surface area contributed by atoms with E-state index in [1.807, 2.05) is 24.4 Å². The van der Waals surface area contributed by atoms with E-state index in [2.05, 4.69) is 16.2 Å². The molecule has 23 heavy (non-hydrogen) atoms. The number of aromatic amines is 1. The fourth-order valence-corrected chi connectivity index (χ4v) is 2.81. The maximum Gasteiger partial charge on any atom is 0.274 e. The number of hydrogen-bond donors (Lipinski definition) is 1. The van der Waals surface area contributed by atoms with E-state index in [9.17, 15) is 9.18 Å². The second-order valence-electron chi connectivity index (χ2n) is 5.52. The number of H-pyrrole nitrogens is 1. The van der Waals surface area contributed by atoms with Crippen LogP contribution in [-0.4, -0.2) is 28.2 Å². The van der Waals surface area contributed by atoms with Gasteiger partial charge in [-0.1, -0.05) is 12.1 Å². The molecule has 0 saturated heterocycles. The zero-order valence-corrected chi connectivity index (χ0v) is 12.3. The van der Waals surface area contributed by atoms with E-state index in [-0.39, 0.29) is 5.91 Å². The highest BCUT2D eigenvalue weighted by molar-refractivity contribution is 6.06. The van der Waals surface area contributed by atoms with Crippen LogP contribution in [0.15, 0.2) is 59.8 Å². The van der Waals surface area contributed by atoms with Gasteiger partial charge in [0.05, 0.1) is 12.3 Å². The molecule has 1 aromatic heterocycles. The molecule has 1 N–H and O–H groups in total. The third-order valence-electron chi connectivity index (χ3n) is 3.99. The molecule has 0 spiro atoms. The van der Waals surface area contributed by atoms with E-state index in [0.29, 0.717) is 18.5 Å². The molecule has 0 unspecified atom stereocenters. The molecule has 1 amide bonds. The van der Waals surface area contributed by atoms with E-state index >= 15 is 0 Å². The zero-order chi connectivity index (χ0) is 15.8. The van der Waals surface area contributed by atoms with Gasteiger partial charge in [0, 0.05) is 29.1 Å². The number of hydrogen-bond acceptors (Lipinski definition) is 2. The molecule has 0 saturated carbocycles. The summed E-state index contributed by atoms with van der Waals surface area (Å²) in [7, 11) is 0. The lowest BCUT2D eigenvalue weighted by Gasteiger charge is -2.11. The van der Waals surface area contributed by atoms with Gasteiger partial charge in [-0.25, -0.2) is 9.40 Å². The molecule has 0 bridgehead atoms. The van der Waals surface area contributed by atoms with Crippen LogP contribution in [0.4, 0.5) is 4.39 Å². The van der Waals surface area contributed by atoms with Crippen LogP contribution in [0, 0.1) is 5.82 Å². The lowest BCUT2D eigenvalue weighted by molar-refractivity contribution is 0.0778. The number of amides is 1. The molecular formula is C18H14FN3O. The van der Waals surface area contributed by atoms with Crippen molar-refractivity contribution in [2.45, 2.75) is 6.42 Å². The van der Waals surface area contributed by atoms with Crippen molar-refractivity contribution in [3.63, 3.8) is 0 Å². The SMILES string of the molecule is O=C(c1cccc(F)c1)N1CCC(c2ccc3[nH]ccc3c2)=N1. The van der Waals surface area contributed by atoms with Crippen molar-refractivity contribution in [1.82, 2.24) is 9.99 Å². The quantitative estimate of drug-likeness (QED) is 0.773. The molecule has 0 aliphatic carbocycles. The summed E-state index contributed by atoms with van der Waals surface area (Å²) >= 11 is 0. The lowest BCUT2D eigenvalue weighted by Crippen LogP contribution is -2.23. The number of nitrogens with zero attached hydrogens (tertiary/aromatic N) is 2. The van der Waals surface area contributed by atoms with Crippen molar-refractivity contribution < 1.29 is 9.18 Å². The summed E-state index contributed by atoms with van der Waals surface area (Å²) in [6.45, 7) is 0.510. The lowest BCUT2D eigenvalue weighted by atomic mass is 10.1. The van der Waals surface area contributed by atoms with Gasteiger partial charge in [-0.2, -0.15) is 5.10 Å². The van der Waals surface area contributed by atoms with Crippen LogP contribution in [0.5, 0.6) is 0 Å². The van der Waals surface area contributed by atoms with E-state index in [0.717, 1.165) is 22.2 Å². The third kappa shape index (κ3) is 2.50. The summed E-state index contributed by atoms with van der Waals surface area (Å²) in [5.74, 6) is -0.695. The van der Waals surface area contributed by atoms with Crippen LogP contribution in [0.25, 0.3) is 10.9 Å². The van der Waals surface area contributed by atoms with Gasteiger partial charge in [0.2, 0.25) is 0 Å². The number of fused-ring (bicyclic) bond motifs is 1. The molecule has 114 valence electrons. The Balaban J connectivity index is 1.62. The van der Waals surface area contributed by atoms with Crippen LogP contribution in [0.3, 0.4) is 0 Å². The van der Waals surface area contributed by atoms with Gasteiger partial charge in [-0.05, 0) is 42.0 Å². The van der Waals surface area contributed by atoms with Crippen molar-refractivity contribution in [3.8, 4) is 0 Å². The van der Waals surface area contributed by atoms with Crippen molar-refractivity contribution in [1.29, 1.82) is 0 Å². The summed E-state index contributed by atoms with van der Waals surface area (Å²) in [4.78, 5) is 15.5. The average molecular weight is 307 g/mol. The summed E-state index contributed by atoms with van der Waals surface area (Å²) in [5, 5.41) is 6.94. The fraction of sp³-hybridized carbons (Fsp3) is 0.111. The molecule has 1 aliphatic heterocycles. The van der Waals surface area contributed by atoms with E-state index < -0.39 is 5.82 Å². The van der Waals surface area contributed by atoms with Crippen molar-refractivity contribution in [3.05, 3.63) is 71.7 Å². The summed E-state index contributed by atoms with van der Waals surface area (Å²) < 4.78 is 13.3. The van der Waals surface area contributed by atoms with Crippen molar-refractivity contribution in [2.75, 3.05) is 6.54 Å². The standard InChI is InChI=1S/C18H14FN3O/c19-15-3-1-2-14(11-15)18(23)22-9-7-17(21-22)12-4-5-16-13(10-12)6-8-20-16/h1-6,8,10-11,20H,7,9H2. The Labute approximate surface area is 132 Å². The van der Waals surface area contributed by atoms with Crippen LogP contribution >= 0.6 is 0 Å². The Kier molecular flexibility index (Phi) is 3.19. The van der Waals surface area contributed by atoms with Crippen LogP contribution in [0.2, 0.25) is 0 Å². The van der Waals surface area contributed by atoms with Gasteiger partial charge in [0.1, 0.15) is 5.82 Å². The van der Waals surface area contributed by atoms with Gasteiger partial charge < -0.3 is 4.98 Å². The number of halogens is 1. The Hall–Kier alpha value is -2.95. The minimum Gasteiger partial charge on any atom is -0.361 e. The van der Waals surface area contributed by atoms with Crippen molar-refractivity contribution >= 4 is 22.5 Å². The average Bonchev–Trinajstić information content (AvgIpc) is 3.22. The molecule has 4 nitrogen and oxygen atoms in total. The minimum atomic E-state index is -0.419. The van der Waals surface area contributed by atoms with Crippen LogP contribution < -0.4 is 0 Å². The number of rotatable bonds is 2. The highest BCUT2D eigenvalue weighted by Gasteiger charge is 2.23. The van der Waals surface area contributed by atoms with Crippen LogP contribution in [0.1, 0.15) is 22.3 Å². The molecule has 2 heterocycles. The predicted molar refractivity (Wildman–Crippen MR) is 86.9 cm³/mol. The maximum atomic E-state index is 13.3. The van der Waals surface area contributed by atoms with Gasteiger partial charge in [0.25, 0.3) is 5.91 Å². The number of carbonyl (C=O) groups is 1. The van der Waals surface area contributed by atoms with E-state index in [1.165, 1.54) is 23.2 Å². The molecule has 0 radical (unpaired) electrons. The first-order valence-corrected chi connectivity index (χ1v) is 7.43. The Bertz CT molecular complexity index is 929. The molecule has 1 aliphatic rings. The largest absolute Gasteiger partial charge is 0.361 e. The monoisotopic (exact) mass is 307 g/mol. The number of aromatic nitrogens is 1. The summed E-state index contributed by atoms with van der Waals surface area (Å²) in [6, 6.07) is 13.8. The second kappa shape index (κ2) is 5.35. The predicted octanol–water partition coefficient (Wildman–Crippen LogP) is 3.56.